The molecule has 0 bridgehead atoms. The quantitative estimate of drug-likeness (QED) is 0.188. The third-order valence-electron chi connectivity index (χ3n) is 9.65. The maximum Gasteiger partial charge on any atom is 0.213 e. The van der Waals surface area contributed by atoms with Crippen LogP contribution in [-0.2, 0) is 0 Å². The lowest BCUT2D eigenvalue weighted by atomic mass is 10.0. The van der Waals surface area contributed by atoms with E-state index in [4.69, 9.17) is 4.42 Å². The Morgan fingerprint density at radius 2 is 0.878 bits per heavy atom. The Morgan fingerprint density at radius 3 is 1.47 bits per heavy atom. The fourth-order valence-electron chi connectivity index (χ4n) is 7.42. The molecule has 0 aliphatic rings. The molecule has 0 radical (unpaired) electrons. The molecule has 7 aromatic carbocycles. The molecule has 0 aliphatic carbocycles. The Bertz CT molecular complexity index is 2780. The van der Waals surface area contributed by atoms with Crippen molar-refractivity contribution in [2.75, 3.05) is 0 Å². The summed E-state index contributed by atoms with van der Waals surface area (Å²) in [4.78, 5) is 0. The minimum atomic E-state index is -0.366. The van der Waals surface area contributed by atoms with Gasteiger partial charge in [0.2, 0.25) is 5.71 Å². The minimum Gasteiger partial charge on any atom is -0.439 e. The van der Waals surface area contributed by atoms with Crippen molar-refractivity contribution in [1.29, 1.82) is 0 Å². The normalized spacial score (nSPS) is 11.9. The predicted molar refractivity (Wildman–Crippen MR) is 196 cm³/mol. The Kier molecular flexibility index (Phi) is 5.94. The number of fused-ring (bicyclic) bond motifs is 8. The number of hydrogen-bond donors (Lipinski definition) is 0. The molecule has 10 aromatic rings. The van der Waals surface area contributed by atoms with E-state index in [0.29, 0.717) is 27.5 Å². The van der Waals surface area contributed by atoms with Crippen molar-refractivity contribution < 1.29 is 13.2 Å². The van der Waals surface area contributed by atoms with Gasteiger partial charge in [-0.2, -0.15) is 0 Å². The molecule has 49 heavy (non-hydrogen) atoms. The van der Waals surface area contributed by atoms with Crippen LogP contribution < -0.4 is 0 Å². The van der Waals surface area contributed by atoms with Crippen LogP contribution in [0.3, 0.4) is 0 Å². The summed E-state index contributed by atoms with van der Waals surface area (Å²) in [5.41, 5.74) is 10.6. The first-order chi connectivity index (χ1) is 24.1. The van der Waals surface area contributed by atoms with Crippen LogP contribution in [0.15, 0.2) is 162 Å². The molecule has 0 saturated heterocycles. The van der Waals surface area contributed by atoms with Gasteiger partial charge >= 0.3 is 0 Å². The van der Waals surface area contributed by atoms with Crippen molar-refractivity contribution in [3.8, 4) is 33.6 Å². The van der Waals surface area contributed by atoms with Crippen LogP contribution in [0.5, 0.6) is 0 Å². The number of furan rings is 1. The van der Waals surface area contributed by atoms with Crippen molar-refractivity contribution in [2.45, 2.75) is 0 Å². The first kappa shape index (κ1) is 27.6. The van der Waals surface area contributed by atoms with E-state index < -0.39 is 0 Å². The van der Waals surface area contributed by atoms with E-state index in [0.717, 1.165) is 27.9 Å². The molecule has 0 spiro atoms. The Labute approximate surface area is 279 Å². The van der Waals surface area contributed by atoms with Gasteiger partial charge < -0.3 is 8.98 Å². The van der Waals surface area contributed by atoms with Crippen LogP contribution in [0.1, 0.15) is 0 Å². The molecule has 10 rings (SSSR count). The molecular formula is C44H26F2N2O. The Morgan fingerprint density at radius 1 is 0.388 bits per heavy atom. The Balaban J connectivity index is 1.18. The van der Waals surface area contributed by atoms with Gasteiger partial charge in [-0.1, -0.05) is 72.8 Å². The summed E-state index contributed by atoms with van der Waals surface area (Å²) in [5.74, 6) is -0.723. The van der Waals surface area contributed by atoms with Crippen LogP contribution >= 0.6 is 0 Å². The molecule has 3 heterocycles. The topological polar surface area (TPSA) is 23.0 Å². The summed E-state index contributed by atoms with van der Waals surface area (Å²) in [6, 6.07) is 51.8. The lowest BCUT2D eigenvalue weighted by Crippen LogP contribution is -1.97. The second kappa shape index (κ2) is 10.5. The second-order valence-corrected chi connectivity index (χ2v) is 12.5. The van der Waals surface area contributed by atoms with E-state index >= 15 is 0 Å². The van der Waals surface area contributed by atoms with Crippen LogP contribution in [-0.4, -0.2) is 9.13 Å². The molecular weight excluding hydrogens is 610 g/mol. The summed E-state index contributed by atoms with van der Waals surface area (Å²) in [7, 11) is 0. The molecule has 3 aromatic heterocycles. The third-order valence-corrected chi connectivity index (χ3v) is 9.65. The van der Waals surface area contributed by atoms with Crippen molar-refractivity contribution in [3.05, 3.63) is 169 Å². The monoisotopic (exact) mass is 636 g/mol. The highest BCUT2D eigenvalue weighted by Gasteiger charge is 2.21. The molecule has 0 N–H and O–H groups in total. The van der Waals surface area contributed by atoms with Gasteiger partial charge in [-0.3, -0.25) is 4.57 Å². The van der Waals surface area contributed by atoms with Gasteiger partial charge in [-0.15, -0.1) is 0 Å². The second-order valence-electron chi connectivity index (χ2n) is 12.5. The zero-order valence-electron chi connectivity index (χ0n) is 26.1. The molecule has 0 fully saturated rings. The number of nitrogens with zero attached hydrogens (tertiary/aromatic N) is 2. The summed E-state index contributed by atoms with van der Waals surface area (Å²) in [5, 5.41) is 4.34. The fourth-order valence-corrected chi connectivity index (χ4v) is 7.42. The van der Waals surface area contributed by atoms with Gasteiger partial charge in [0.25, 0.3) is 0 Å². The molecule has 0 atom stereocenters. The number of benzene rings is 7. The van der Waals surface area contributed by atoms with Crippen LogP contribution in [0, 0.1) is 11.6 Å². The van der Waals surface area contributed by atoms with Gasteiger partial charge in [0.05, 0.1) is 21.9 Å². The van der Waals surface area contributed by atoms with Crippen molar-refractivity contribution in [2.24, 2.45) is 0 Å². The van der Waals surface area contributed by atoms with E-state index in [1.54, 1.807) is 12.1 Å². The van der Waals surface area contributed by atoms with E-state index in [2.05, 4.69) is 114 Å². The van der Waals surface area contributed by atoms with Crippen molar-refractivity contribution >= 4 is 54.8 Å². The average molecular weight is 637 g/mol. The molecule has 0 unspecified atom stereocenters. The van der Waals surface area contributed by atoms with E-state index in [1.165, 1.54) is 57.3 Å². The maximum atomic E-state index is 14.6. The molecule has 5 heteroatoms. The summed E-state index contributed by atoms with van der Waals surface area (Å²) in [6.45, 7) is 0. The number of rotatable bonds is 4. The van der Waals surface area contributed by atoms with Crippen LogP contribution in [0.4, 0.5) is 8.78 Å². The van der Waals surface area contributed by atoms with Gasteiger partial charge in [-0.05, 0) is 107 Å². The van der Waals surface area contributed by atoms with E-state index in [1.807, 2.05) is 16.7 Å². The van der Waals surface area contributed by atoms with Crippen LogP contribution in [0.2, 0.25) is 0 Å². The SMILES string of the molecule is Fc1ccc2oc3c(c2c1)c1cc(F)ccc1n3-c1ccc(-n2c3ccc(-c4ccccc4)cc3c3cc(-c4ccccc4)ccc32)cc1. The highest BCUT2D eigenvalue weighted by Crippen LogP contribution is 2.41. The first-order valence-corrected chi connectivity index (χ1v) is 16.2. The highest BCUT2D eigenvalue weighted by molar-refractivity contribution is 6.20. The molecule has 0 aliphatic heterocycles. The highest BCUT2D eigenvalue weighted by atomic mass is 19.1. The molecule has 3 nitrogen and oxygen atoms in total. The van der Waals surface area contributed by atoms with Crippen molar-refractivity contribution in [1.82, 2.24) is 9.13 Å². The smallest absolute Gasteiger partial charge is 0.213 e. The molecule has 0 amide bonds. The van der Waals surface area contributed by atoms with Gasteiger partial charge in [-0.25, -0.2) is 8.78 Å². The van der Waals surface area contributed by atoms with Gasteiger partial charge in [0.15, 0.2) is 0 Å². The molecule has 232 valence electrons. The standard InChI is InChI=1S/C44H26F2N2O/c45-31-13-21-41-37(25-31)43-38-26-32(46)14-22-42(38)49-44(43)48(41)34-17-15-33(16-18-34)47-39-19-11-29(27-7-3-1-4-8-27)23-35(39)36-24-30(12-20-40(36)47)28-9-5-2-6-10-28/h1-26H. The minimum absolute atomic E-state index is 0.357. The fraction of sp³-hybridized carbons (Fsp3) is 0. The summed E-state index contributed by atoms with van der Waals surface area (Å²) < 4.78 is 39.5. The number of aromatic nitrogens is 2. The lowest BCUT2D eigenvalue weighted by Gasteiger charge is -2.11. The third kappa shape index (κ3) is 4.26. The first-order valence-electron chi connectivity index (χ1n) is 16.2. The summed E-state index contributed by atoms with van der Waals surface area (Å²) in [6.07, 6.45) is 0. The van der Waals surface area contributed by atoms with Crippen molar-refractivity contribution in [3.63, 3.8) is 0 Å². The lowest BCUT2D eigenvalue weighted by molar-refractivity contribution is 0.623. The van der Waals surface area contributed by atoms with E-state index in [-0.39, 0.29) is 11.6 Å². The summed E-state index contributed by atoms with van der Waals surface area (Å²) >= 11 is 0. The van der Waals surface area contributed by atoms with Gasteiger partial charge in [0, 0.05) is 32.9 Å². The zero-order chi connectivity index (χ0) is 32.6. The average Bonchev–Trinajstić information content (AvgIpc) is 3.78. The van der Waals surface area contributed by atoms with Gasteiger partial charge in [0.1, 0.15) is 17.2 Å². The molecule has 0 saturated carbocycles. The number of halogens is 2. The number of hydrogen-bond acceptors (Lipinski definition) is 1. The largest absolute Gasteiger partial charge is 0.439 e. The van der Waals surface area contributed by atoms with Crippen LogP contribution in [0.25, 0.3) is 88.4 Å². The Hall–Kier alpha value is -6.46. The zero-order valence-corrected chi connectivity index (χ0v) is 26.1. The van der Waals surface area contributed by atoms with E-state index in [9.17, 15) is 8.78 Å². The predicted octanol–water partition coefficient (Wildman–Crippen LogP) is 12.2. The maximum absolute atomic E-state index is 14.6.